The van der Waals surface area contributed by atoms with Crippen LogP contribution in [0.1, 0.15) is 5.56 Å². The summed E-state index contributed by atoms with van der Waals surface area (Å²) in [5.74, 6) is -0.995. The molecule has 1 heterocycles. The molecule has 0 atom stereocenters. The maximum atomic E-state index is 13.4. The van der Waals surface area contributed by atoms with Crippen molar-refractivity contribution >= 4 is 15.8 Å². The van der Waals surface area contributed by atoms with Crippen molar-refractivity contribution in [2.75, 3.05) is 12.4 Å². The first kappa shape index (κ1) is 15.3. The van der Waals surface area contributed by atoms with E-state index < -0.39 is 21.7 Å². The maximum absolute atomic E-state index is 13.4. The van der Waals surface area contributed by atoms with Crippen LogP contribution in [0.5, 0.6) is 0 Å². The SMILES string of the molecule is CNc1ccc(S(=O)(=O)NCc2ccc(F)cc2F)cn1. The molecular formula is C13H13F2N3O2S. The van der Waals surface area contributed by atoms with Gasteiger partial charge in [-0.2, -0.15) is 0 Å². The van der Waals surface area contributed by atoms with Crippen molar-refractivity contribution in [2.24, 2.45) is 0 Å². The van der Waals surface area contributed by atoms with Gasteiger partial charge in [-0.3, -0.25) is 0 Å². The number of benzene rings is 1. The molecule has 0 unspecified atom stereocenters. The molecule has 0 aliphatic carbocycles. The second-order valence-electron chi connectivity index (χ2n) is 4.19. The number of halogens is 2. The number of hydrogen-bond donors (Lipinski definition) is 2. The van der Waals surface area contributed by atoms with Crippen molar-refractivity contribution in [3.8, 4) is 0 Å². The number of nitrogens with one attached hydrogen (secondary N) is 2. The smallest absolute Gasteiger partial charge is 0.242 e. The molecule has 0 bridgehead atoms. The summed E-state index contributed by atoms with van der Waals surface area (Å²) in [5.41, 5.74) is 0.0554. The number of rotatable bonds is 5. The highest BCUT2D eigenvalue weighted by atomic mass is 32.2. The van der Waals surface area contributed by atoms with Gasteiger partial charge in [0.05, 0.1) is 0 Å². The predicted octanol–water partition coefficient (Wildman–Crippen LogP) is 1.88. The minimum atomic E-state index is -3.81. The largest absolute Gasteiger partial charge is 0.373 e. The summed E-state index contributed by atoms with van der Waals surface area (Å²) in [7, 11) is -2.15. The molecule has 1 aromatic heterocycles. The van der Waals surface area contributed by atoms with E-state index in [0.717, 1.165) is 6.07 Å². The van der Waals surface area contributed by atoms with E-state index in [-0.39, 0.29) is 17.0 Å². The average molecular weight is 313 g/mol. The third-order valence-electron chi connectivity index (χ3n) is 2.77. The van der Waals surface area contributed by atoms with Gasteiger partial charge in [0.25, 0.3) is 0 Å². The van der Waals surface area contributed by atoms with Crippen molar-refractivity contribution in [1.82, 2.24) is 9.71 Å². The number of hydrogen-bond acceptors (Lipinski definition) is 4. The first-order valence-electron chi connectivity index (χ1n) is 6.00. The van der Waals surface area contributed by atoms with Crippen LogP contribution in [0.15, 0.2) is 41.4 Å². The van der Waals surface area contributed by atoms with E-state index in [0.29, 0.717) is 11.9 Å². The molecule has 1 aromatic carbocycles. The lowest BCUT2D eigenvalue weighted by atomic mass is 10.2. The highest BCUT2D eigenvalue weighted by molar-refractivity contribution is 7.89. The molecule has 8 heteroatoms. The Kier molecular flexibility index (Phi) is 4.49. The van der Waals surface area contributed by atoms with Crippen LogP contribution < -0.4 is 10.0 Å². The third-order valence-corrected chi connectivity index (χ3v) is 4.16. The summed E-state index contributed by atoms with van der Waals surface area (Å²) >= 11 is 0. The predicted molar refractivity (Wildman–Crippen MR) is 74.2 cm³/mol. The van der Waals surface area contributed by atoms with Gasteiger partial charge in [0, 0.05) is 31.4 Å². The van der Waals surface area contributed by atoms with Crippen LogP contribution in [0.3, 0.4) is 0 Å². The van der Waals surface area contributed by atoms with E-state index in [9.17, 15) is 17.2 Å². The molecule has 2 rings (SSSR count). The highest BCUT2D eigenvalue weighted by Crippen LogP contribution is 2.13. The van der Waals surface area contributed by atoms with Gasteiger partial charge in [0.15, 0.2) is 0 Å². The number of aromatic nitrogens is 1. The minimum absolute atomic E-state index is 0.0379. The zero-order valence-corrected chi connectivity index (χ0v) is 11.9. The minimum Gasteiger partial charge on any atom is -0.373 e. The van der Waals surface area contributed by atoms with Crippen LogP contribution >= 0.6 is 0 Å². The molecular weight excluding hydrogens is 300 g/mol. The van der Waals surface area contributed by atoms with Crippen LogP contribution in [0.25, 0.3) is 0 Å². The van der Waals surface area contributed by atoms with E-state index in [1.165, 1.54) is 24.4 Å². The molecule has 0 amide bonds. The van der Waals surface area contributed by atoms with E-state index >= 15 is 0 Å². The lowest BCUT2D eigenvalue weighted by Gasteiger charge is -2.08. The summed E-state index contributed by atoms with van der Waals surface area (Å²) in [6, 6.07) is 5.84. The van der Waals surface area contributed by atoms with E-state index in [4.69, 9.17) is 0 Å². The van der Waals surface area contributed by atoms with Gasteiger partial charge in [-0.15, -0.1) is 0 Å². The first-order chi connectivity index (χ1) is 9.92. The number of nitrogens with zero attached hydrogens (tertiary/aromatic N) is 1. The molecule has 2 aromatic rings. The van der Waals surface area contributed by atoms with Gasteiger partial charge in [0.2, 0.25) is 10.0 Å². The second-order valence-corrected chi connectivity index (χ2v) is 5.96. The van der Waals surface area contributed by atoms with Crippen molar-refractivity contribution in [3.05, 3.63) is 53.7 Å². The average Bonchev–Trinajstić information content (AvgIpc) is 2.46. The third kappa shape index (κ3) is 3.73. The van der Waals surface area contributed by atoms with E-state index in [1.807, 2.05) is 0 Å². The molecule has 2 N–H and O–H groups in total. The van der Waals surface area contributed by atoms with Crippen molar-refractivity contribution < 1.29 is 17.2 Å². The van der Waals surface area contributed by atoms with Gasteiger partial charge >= 0.3 is 0 Å². The number of anilines is 1. The Labute approximate surface area is 121 Å². The van der Waals surface area contributed by atoms with Crippen molar-refractivity contribution in [1.29, 1.82) is 0 Å². The molecule has 5 nitrogen and oxygen atoms in total. The van der Waals surface area contributed by atoms with Crippen molar-refractivity contribution in [2.45, 2.75) is 11.4 Å². The topological polar surface area (TPSA) is 71.1 Å². The van der Waals surface area contributed by atoms with E-state index in [2.05, 4.69) is 15.0 Å². The zero-order valence-electron chi connectivity index (χ0n) is 11.1. The Morgan fingerprint density at radius 3 is 2.52 bits per heavy atom. The van der Waals surface area contributed by atoms with Crippen LogP contribution in [-0.2, 0) is 16.6 Å². The first-order valence-corrected chi connectivity index (χ1v) is 7.48. The Balaban J connectivity index is 2.13. The molecule has 112 valence electrons. The lowest BCUT2D eigenvalue weighted by Crippen LogP contribution is -2.24. The van der Waals surface area contributed by atoms with E-state index in [1.54, 1.807) is 7.05 Å². The van der Waals surface area contributed by atoms with Crippen molar-refractivity contribution in [3.63, 3.8) is 0 Å². The fraction of sp³-hybridized carbons (Fsp3) is 0.154. The number of sulfonamides is 1. The summed E-state index contributed by atoms with van der Waals surface area (Å²) in [5, 5.41) is 2.76. The molecule has 0 aliphatic heterocycles. The highest BCUT2D eigenvalue weighted by Gasteiger charge is 2.15. The van der Waals surface area contributed by atoms with Gasteiger partial charge in [-0.1, -0.05) is 6.07 Å². The Morgan fingerprint density at radius 1 is 1.19 bits per heavy atom. The standard InChI is InChI=1S/C13H13F2N3O2S/c1-16-13-5-4-11(8-17-13)21(19,20)18-7-9-2-3-10(14)6-12(9)15/h2-6,8,18H,7H2,1H3,(H,16,17). The zero-order chi connectivity index (χ0) is 15.5. The quantitative estimate of drug-likeness (QED) is 0.884. The molecule has 0 radical (unpaired) electrons. The summed E-state index contributed by atoms with van der Waals surface area (Å²) < 4.78 is 52.5. The Morgan fingerprint density at radius 2 is 1.95 bits per heavy atom. The van der Waals surface area contributed by atoms with Gasteiger partial charge < -0.3 is 5.32 Å². The van der Waals surface area contributed by atoms with Crippen LogP contribution in [-0.4, -0.2) is 20.4 Å². The normalized spacial score (nSPS) is 11.4. The monoisotopic (exact) mass is 313 g/mol. The van der Waals surface area contributed by atoms with Crippen LogP contribution in [0.4, 0.5) is 14.6 Å². The second kappa shape index (κ2) is 6.15. The maximum Gasteiger partial charge on any atom is 0.242 e. The lowest BCUT2D eigenvalue weighted by molar-refractivity contribution is 0.562. The molecule has 0 spiro atoms. The molecule has 21 heavy (non-hydrogen) atoms. The van der Waals surface area contributed by atoms with Gasteiger partial charge in [-0.25, -0.2) is 26.9 Å². The summed E-state index contributed by atoms with van der Waals surface area (Å²) in [4.78, 5) is 3.86. The molecule has 0 saturated carbocycles. The Bertz CT molecular complexity index is 734. The Hall–Kier alpha value is -2.06. The fourth-order valence-corrected chi connectivity index (χ4v) is 2.56. The summed E-state index contributed by atoms with van der Waals surface area (Å²) in [6.07, 6.45) is 1.19. The number of pyridine rings is 1. The molecule has 0 aliphatic rings. The fourth-order valence-electron chi connectivity index (χ4n) is 1.61. The molecule has 0 saturated heterocycles. The van der Waals surface area contributed by atoms with Gasteiger partial charge in [-0.05, 0) is 18.2 Å². The van der Waals surface area contributed by atoms with Crippen LogP contribution in [0.2, 0.25) is 0 Å². The summed E-state index contributed by atoms with van der Waals surface area (Å²) in [6.45, 7) is -0.276. The molecule has 0 fully saturated rings. The van der Waals surface area contributed by atoms with Crippen LogP contribution in [0, 0.1) is 11.6 Å². The van der Waals surface area contributed by atoms with Gasteiger partial charge in [0.1, 0.15) is 22.3 Å².